The molecule has 7 rings (SSSR count). The molecule has 2 aliphatic heterocycles. The zero-order valence-corrected chi connectivity index (χ0v) is 22.1. The summed E-state index contributed by atoms with van der Waals surface area (Å²) in [7, 11) is 0. The van der Waals surface area contributed by atoms with Gasteiger partial charge in [-0.05, 0) is 24.1 Å². The Kier molecular flexibility index (Phi) is 5.41. The van der Waals surface area contributed by atoms with Crippen LogP contribution < -0.4 is 4.90 Å². The van der Waals surface area contributed by atoms with Gasteiger partial charge in [0, 0.05) is 40.4 Å². The van der Waals surface area contributed by atoms with Crippen LogP contribution in [0.15, 0.2) is 103 Å². The van der Waals surface area contributed by atoms with Crippen LogP contribution in [0.4, 0.5) is 11.4 Å². The van der Waals surface area contributed by atoms with E-state index in [-0.39, 0.29) is 23.0 Å². The number of hydrogen-bond donors (Lipinski definition) is 0. The highest BCUT2D eigenvalue weighted by molar-refractivity contribution is 6.32. The van der Waals surface area contributed by atoms with Crippen molar-refractivity contribution < 1.29 is 19.3 Å². The molecule has 0 saturated carbocycles. The lowest BCUT2D eigenvalue weighted by Gasteiger charge is -2.37. The zero-order chi connectivity index (χ0) is 28.5. The van der Waals surface area contributed by atoms with E-state index < -0.39 is 28.3 Å². The van der Waals surface area contributed by atoms with Gasteiger partial charge in [-0.25, -0.2) is 0 Å². The number of nitrogens with zero attached hydrogens (tertiary/aromatic N) is 2. The third kappa shape index (κ3) is 3.35. The highest BCUT2D eigenvalue weighted by Gasteiger charge is 2.71. The number of benzene rings is 4. The minimum atomic E-state index is -1.70. The van der Waals surface area contributed by atoms with Crippen LogP contribution in [0, 0.1) is 22.5 Å². The molecule has 41 heavy (non-hydrogen) atoms. The van der Waals surface area contributed by atoms with Crippen molar-refractivity contribution in [2.45, 2.75) is 24.9 Å². The quantitative estimate of drug-likeness (QED) is 0.132. The molecule has 3 atom stereocenters. The SMILES string of the molecule is Cc1ccc(C(=O)[C@@H]2[C@@H](c3cccc([N+](=O)[O-])c3)C3(C(=O)c4ccccc4C3=O)[C@@H]3C=Cc4ccccc4N23)cc1. The van der Waals surface area contributed by atoms with E-state index in [1.54, 1.807) is 48.5 Å². The third-order valence-electron chi connectivity index (χ3n) is 8.76. The third-order valence-corrected chi connectivity index (χ3v) is 8.76. The summed E-state index contributed by atoms with van der Waals surface area (Å²) in [6.45, 7) is 1.93. The number of carbonyl (C=O) groups is 3. The van der Waals surface area contributed by atoms with Crippen molar-refractivity contribution in [2.24, 2.45) is 5.41 Å². The molecule has 3 aliphatic rings. The molecular weight excluding hydrogens is 516 g/mol. The average molecular weight is 541 g/mol. The van der Waals surface area contributed by atoms with E-state index in [0.717, 1.165) is 16.8 Å². The lowest BCUT2D eigenvalue weighted by atomic mass is 9.64. The van der Waals surface area contributed by atoms with E-state index in [1.165, 1.54) is 12.1 Å². The first-order valence-corrected chi connectivity index (χ1v) is 13.4. The molecule has 2 heterocycles. The van der Waals surface area contributed by atoms with Crippen molar-refractivity contribution in [3.8, 4) is 0 Å². The summed E-state index contributed by atoms with van der Waals surface area (Å²) in [5.41, 5.74) is 2.16. The molecule has 0 N–H and O–H groups in total. The molecule has 0 amide bonds. The van der Waals surface area contributed by atoms with Crippen LogP contribution in [-0.4, -0.2) is 34.4 Å². The van der Waals surface area contributed by atoms with Crippen LogP contribution in [0.2, 0.25) is 0 Å². The van der Waals surface area contributed by atoms with Crippen molar-refractivity contribution in [1.29, 1.82) is 0 Å². The number of fused-ring (bicyclic) bond motifs is 5. The summed E-state index contributed by atoms with van der Waals surface area (Å²) >= 11 is 0. The largest absolute Gasteiger partial charge is 0.352 e. The van der Waals surface area contributed by atoms with Crippen molar-refractivity contribution in [3.63, 3.8) is 0 Å². The van der Waals surface area contributed by atoms with Gasteiger partial charge in [-0.2, -0.15) is 0 Å². The highest BCUT2D eigenvalue weighted by Crippen LogP contribution is 2.61. The molecule has 1 saturated heterocycles. The molecule has 4 aromatic carbocycles. The summed E-state index contributed by atoms with van der Waals surface area (Å²) < 4.78 is 0. The maximum absolute atomic E-state index is 14.6. The minimum Gasteiger partial charge on any atom is -0.352 e. The lowest BCUT2D eigenvalue weighted by Crippen LogP contribution is -2.48. The van der Waals surface area contributed by atoms with Crippen LogP contribution in [-0.2, 0) is 0 Å². The number of Topliss-reactive ketones (excluding diaryl/α,β-unsaturated/α-hetero) is 3. The van der Waals surface area contributed by atoms with E-state index in [4.69, 9.17) is 0 Å². The van der Waals surface area contributed by atoms with Crippen molar-refractivity contribution in [3.05, 3.63) is 147 Å². The molecule has 0 bridgehead atoms. The second kappa shape index (κ2) is 8.93. The summed E-state index contributed by atoms with van der Waals surface area (Å²) in [5, 5.41) is 11.9. The molecule has 7 heteroatoms. The number of non-ortho nitro benzene ring substituents is 1. The molecular formula is C34H24N2O5. The zero-order valence-electron chi connectivity index (χ0n) is 22.1. The Hall–Kier alpha value is -5.17. The lowest BCUT2D eigenvalue weighted by molar-refractivity contribution is -0.384. The number of nitro benzene ring substituents is 1. The summed E-state index contributed by atoms with van der Waals surface area (Å²) in [5.74, 6) is -1.99. The van der Waals surface area contributed by atoms with Gasteiger partial charge in [-0.15, -0.1) is 0 Å². The monoisotopic (exact) mass is 540 g/mol. The predicted molar refractivity (Wildman–Crippen MR) is 154 cm³/mol. The normalized spacial score (nSPS) is 21.5. The molecule has 1 spiro atoms. The Morgan fingerprint density at radius 3 is 2.20 bits per heavy atom. The molecule has 0 radical (unpaired) electrons. The predicted octanol–water partition coefficient (Wildman–Crippen LogP) is 6.22. The maximum Gasteiger partial charge on any atom is 0.269 e. The molecule has 0 unspecified atom stereocenters. The number of carbonyl (C=O) groups excluding carboxylic acids is 3. The fourth-order valence-electron chi connectivity index (χ4n) is 7.01. The van der Waals surface area contributed by atoms with E-state index in [2.05, 4.69) is 0 Å². The second-order valence-electron chi connectivity index (χ2n) is 10.8. The molecule has 1 aliphatic carbocycles. The Bertz CT molecular complexity index is 1790. The molecule has 200 valence electrons. The van der Waals surface area contributed by atoms with Crippen molar-refractivity contribution in [1.82, 2.24) is 0 Å². The number of ketones is 3. The number of anilines is 1. The first-order valence-electron chi connectivity index (χ1n) is 13.4. The van der Waals surface area contributed by atoms with Crippen LogP contribution >= 0.6 is 0 Å². The fraction of sp³-hybridized carbons (Fsp3) is 0.147. The van der Waals surface area contributed by atoms with Gasteiger partial charge in [0.25, 0.3) is 5.69 Å². The van der Waals surface area contributed by atoms with E-state index in [0.29, 0.717) is 22.3 Å². The smallest absolute Gasteiger partial charge is 0.269 e. The van der Waals surface area contributed by atoms with Crippen LogP contribution in [0.5, 0.6) is 0 Å². The molecule has 0 aromatic heterocycles. The van der Waals surface area contributed by atoms with Crippen LogP contribution in [0.25, 0.3) is 6.08 Å². The topological polar surface area (TPSA) is 97.6 Å². The Morgan fingerprint density at radius 2 is 1.51 bits per heavy atom. The maximum atomic E-state index is 14.6. The number of nitro groups is 1. The molecule has 4 aromatic rings. The Morgan fingerprint density at radius 1 is 0.854 bits per heavy atom. The summed E-state index contributed by atoms with van der Waals surface area (Å²) in [6.07, 6.45) is 3.74. The van der Waals surface area contributed by atoms with Gasteiger partial charge in [-0.1, -0.05) is 96.6 Å². The standard InChI is InChI=1S/C34H24N2O5/c1-20-13-15-22(16-14-20)31(37)30-29(23-8-6-9-24(19-23)36(40)41)34(32(38)25-10-3-4-11-26(25)33(34)39)28-18-17-21-7-2-5-12-27(21)35(28)30/h2-19,28-30H,1H3/t28-,29+,30-/m0/s1. The first kappa shape index (κ1) is 24.8. The number of aryl methyl sites for hydroxylation is 1. The summed E-state index contributed by atoms with van der Waals surface area (Å²) in [6, 6.07) is 25.8. The average Bonchev–Trinajstić information content (AvgIpc) is 3.43. The number of para-hydroxylation sites is 1. The van der Waals surface area contributed by atoms with Gasteiger partial charge in [0.15, 0.2) is 17.3 Å². The van der Waals surface area contributed by atoms with Crippen molar-refractivity contribution >= 4 is 34.8 Å². The van der Waals surface area contributed by atoms with Gasteiger partial charge in [-0.3, -0.25) is 24.5 Å². The minimum absolute atomic E-state index is 0.171. The van der Waals surface area contributed by atoms with Crippen LogP contribution in [0.1, 0.15) is 53.7 Å². The fourth-order valence-corrected chi connectivity index (χ4v) is 7.01. The molecule has 1 fully saturated rings. The second-order valence-corrected chi connectivity index (χ2v) is 10.8. The number of rotatable bonds is 4. The Balaban J connectivity index is 1.56. The van der Waals surface area contributed by atoms with E-state index >= 15 is 0 Å². The van der Waals surface area contributed by atoms with Gasteiger partial charge < -0.3 is 4.90 Å². The number of hydrogen-bond acceptors (Lipinski definition) is 6. The summed E-state index contributed by atoms with van der Waals surface area (Å²) in [4.78, 5) is 57.1. The van der Waals surface area contributed by atoms with Crippen LogP contribution in [0.3, 0.4) is 0 Å². The Labute approximate surface area is 235 Å². The van der Waals surface area contributed by atoms with E-state index in [1.807, 2.05) is 60.4 Å². The van der Waals surface area contributed by atoms with Crippen molar-refractivity contribution in [2.75, 3.05) is 4.90 Å². The van der Waals surface area contributed by atoms with Gasteiger partial charge >= 0.3 is 0 Å². The van der Waals surface area contributed by atoms with E-state index in [9.17, 15) is 24.5 Å². The van der Waals surface area contributed by atoms with Gasteiger partial charge in [0.1, 0.15) is 11.5 Å². The van der Waals surface area contributed by atoms with Gasteiger partial charge in [0.2, 0.25) is 0 Å². The first-order chi connectivity index (χ1) is 19.8. The highest BCUT2D eigenvalue weighted by atomic mass is 16.6. The van der Waals surface area contributed by atoms with Gasteiger partial charge in [0.05, 0.1) is 11.0 Å². The molecule has 7 nitrogen and oxygen atoms in total.